The van der Waals surface area contributed by atoms with E-state index in [2.05, 4.69) is 15.2 Å². The summed E-state index contributed by atoms with van der Waals surface area (Å²) in [5.74, 6) is 1.44. The average Bonchev–Trinajstić information content (AvgIpc) is 2.94. The van der Waals surface area contributed by atoms with Crippen LogP contribution in [0.15, 0.2) is 23.4 Å². The molecule has 0 fully saturated rings. The van der Waals surface area contributed by atoms with Crippen molar-refractivity contribution in [2.24, 2.45) is 5.73 Å². The zero-order valence-electron chi connectivity index (χ0n) is 11.9. The molecule has 0 aliphatic rings. The van der Waals surface area contributed by atoms with Crippen molar-refractivity contribution in [2.75, 3.05) is 14.2 Å². The van der Waals surface area contributed by atoms with E-state index in [0.717, 1.165) is 5.56 Å². The number of methoxy groups -OCH3 is 2. The zero-order chi connectivity index (χ0) is 15.4. The molecule has 0 aliphatic carbocycles. The maximum Gasteiger partial charge on any atom is 0.230 e. The zero-order valence-corrected chi connectivity index (χ0v) is 12.7. The Hall–Kier alpha value is -2.22. The lowest BCUT2D eigenvalue weighted by Crippen LogP contribution is -2.22. The molecule has 0 spiro atoms. The number of nitrogens with zero attached hydrogens (tertiary/aromatic N) is 2. The molecule has 3 N–H and O–H groups in total. The number of amides is 1. The highest BCUT2D eigenvalue weighted by atomic mass is 32.2. The van der Waals surface area contributed by atoms with Crippen LogP contribution in [0, 0.1) is 0 Å². The number of hydrogen-bond acceptors (Lipinski definition) is 6. The van der Waals surface area contributed by atoms with Crippen molar-refractivity contribution >= 4 is 17.7 Å². The third kappa shape index (κ3) is 3.46. The molecule has 8 heteroatoms. The number of benzene rings is 1. The predicted octanol–water partition coefficient (Wildman–Crippen LogP) is 1.45. The van der Waals surface area contributed by atoms with Crippen LogP contribution in [0.25, 0.3) is 11.4 Å². The Morgan fingerprint density at radius 3 is 2.76 bits per heavy atom. The molecule has 0 saturated heterocycles. The Labute approximate surface area is 126 Å². The molecule has 1 heterocycles. The topological polar surface area (TPSA) is 103 Å². The highest BCUT2D eigenvalue weighted by molar-refractivity contribution is 8.00. The fraction of sp³-hybridized carbons (Fsp3) is 0.308. The third-order valence-corrected chi connectivity index (χ3v) is 3.79. The maximum absolute atomic E-state index is 11.1. The first-order chi connectivity index (χ1) is 10.0. The molecule has 7 nitrogen and oxygen atoms in total. The summed E-state index contributed by atoms with van der Waals surface area (Å²) in [6, 6.07) is 5.39. The van der Waals surface area contributed by atoms with Gasteiger partial charge in [0.2, 0.25) is 11.1 Å². The highest BCUT2D eigenvalue weighted by Gasteiger charge is 2.16. The van der Waals surface area contributed by atoms with Crippen LogP contribution in [0.1, 0.15) is 6.92 Å². The number of carbonyl (C=O) groups excluding carboxylic acids is 1. The van der Waals surface area contributed by atoms with Crippen molar-refractivity contribution in [2.45, 2.75) is 17.3 Å². The summed E-state index contributed by atoms with van der Waals surface area (Å²) in [4.78, 5) is 15.4. The van der Waals surface area contributed by atoms with Gasteiger partial charge in [0.25, 0.3) is 0 Å². The van der Waals surface area contributed by atoms with Crippen LogP contribution in [0.5, 0.6) is 11.5 Å². The number of hydrogen-bond donors (Lipinski definition) is 2. The Bertz CT molecular complexity index is 644. The highest BCUT2D eigenvalue weighted by Crippen LogP contribution is 2.32. The summed E-state index contributed by atoms with van der Waals surface area (Å²) in [6.45, 7) is 1.71. The standard InChI is InChI=1S/C13H16N4O3S/c1-7(11(14)18)21-13-15-12(16-17-13)9-5-4-8(19-2)6-10(9)20-3/h4-7H,1-3H3,(H2,14,18)(H,15,16,17)/t7-/m0/s1. The molecule has 0 radical (unpaired) electrons. The lowest BCUT2D eigenvalue weighted by atomic mass is 10.2. The fourth-order valence-electron chi connectivity index (χ4n) is 1.63. The molecule has 112 valence electrons. The van der Waals surface area contributed by atoms with Crippen LogP contribution in [-0.4, -0.2) is 40.6 Å². The second kappa shape index (κ2) is 6.49. The molecule has 1 aromatic heterocycles. The smallest absolute Gasteiger partial charge is 0.230 e. The average molecular weight is 308 g/mol. The van der Waals surface area contributed by atoms with E-state index in [1.807, 2.05) is 6.07 Å². The number of nitrogens with two attached hydrogens (primary N) is 1. The lowest BCUT2D eigenvalue weighted by molar-refractivity contribution is -0.117. The number of nitrogens with one attached hydrogen (secondary N) is 1. The van der Waals surface area contributed by atoms with Crippen molar-refractivity contribution in [3.63, 3.8) is 0 Å². The van der Waals surface area contributed by atoms with E-state index < -0.39 is 11.2 Å². The summed E-state index contributed by atoms with van der Waals surface area (Å²) in [5, 5.41) is 6.94. The van der Waals surface area contributed by atoms with Crippen LogP contribution in [0.4, 0.5) is 0 Å². The molecular formula is C13H16N4O3S. The summed E-state index contributed by atoms with van der Waals surface area (Å²) >= 11 is 1.19. The summed E-state index contributed by atoms with van der Waals surface area (Å²) in [6.07, 6.45) is 0. The lowest BCUT2D eigenvalue weighted by Gasteiger charge is -2.07. The molecule has 21 heavy (non-hydrogen) atoms. The second-order valence-electron chi connectivity index (χ2n) is 4.20. The van der Waals surface area contributed by atoms with Gasteiger partial charge in [-0.25, -0.2) is 4.98 Å². The number of thioether (sulfide) groups is 1. The van der Waals surface area contributed by atoms with Crippen molar-refractivity contribution in [1.29, 1.82) is 0 Å². The molecule has 0 unspecified atom stereocenters. The van der Waals surface area contributed by atoms with Gasteiger partial charge in [-0.2, -0.15) is 0 Å². The van der Waals surface area contributed by atoms with Crippen LogP contribution in [-0.2, 0) is 4.79 Å². The molecule has 2 aromatic rings. The Kier molecular flexibility index (Phi) is 4.69. The van der Waals surface area contributed by atoms with E-state index in [4.69, 9.17) is 15.2 Å². The van der Waals surface area contributed by atoms with Gasteiger partial charge in [-0.15, -0.1) is 5.10 Å². The number of aromatic amines is 1. The minimum absolute atomic E-state index is 0.397. The van der Waals surface area contributed by atoms with Crippen LogP contribution >= 0.6 is 11.8 Å². The molecule has 0 aliphatic heterocycles. The van der Waals surface area contributed by atoms with Gasteiger partial charge in [-0.1, -0.05) is 11.8 Å². The first-order valence-corrected chi connectivity index (χ1v) is 7.04. The van der Waals surface area contributed by atoms with Crippen molar-refractivity contribution in [3.8, 4) is 22.9 Å². The van der Waals surface area contributed by atoms with Crippen molar-refractivity contribution in [3.05, 3.63) is 18.2 Å². The number of primary amides is 1. The molecular weight excluding hydrogens is 292 g/mol. The van der Waals surface area contributed by atoms with Gasteiger partial charge in [-0.3, -0.25) is 9.89 Å². The minimum atomic E-state index is -0.409. The Balaban J connectivity index is 2.27. The van der Waals surface area contributed by atoms with Crippen molar-refractivity contribution in [1.82, 2.24) is 15.2 Å². The quantitative estimate of drug-likeness (QED) is 0.783. The van der Waals surface area contributed by atoms with E-state index >= 15 is 0 Å². The normalized spacial score (nSPS) is 12.0. The second-order valence-corrected chi connectivity index (χ2v) is 5.50. The largest absolute Gasteiger partial charge is 0.497 e. The van der Waals surface area contributed by atoms with Gasteiger partial charge in [0, 0.05) is 6.07 Å². The van der Waals surface area contributed by atoms with Gasteiger partial charge in [0.05, 0.1) is 25.0 Å². The SMILES string of the molecule is COc1ccc(-c2nc(S[C@@H](C)C(N)=O)n[nH]2)c(OC)c1. The van der Waals surface area contributed by atoms with Crippen LogP contribution < -0.4 is 15.2 Å². The van der Waals surface area contributed by atoms with Crippen LogP contribution in [0.2, 0.25) is 0 Å². The minimum Gasteiger partial charge on any atom is -0.497 e. The number of ether oxygens (including phenoxy) is 2. The van der Waals surface area contributed by atoms with E-state index in [0.29, 0.717) is 22.5 Å². The first-order valence-electron chi connectivity index (χ1n) is 6.16. The summed E-state index contributed by atoms with van der Waals surface area (Å²) < 4.78 is 10.5. The Morgan fingerprint density at radius 2 is 2.14 bits per heavy atom. The number of carbonyl (C=O) groups is 1. The molecule has 0 bridgehead atoms. The molecule has 1 aromatic carbocycles. The van der Waals surface area contributed by atoms with Gasteiger partial charge >= 0.3 is 0 Å². The van der Waals surface area contributed by atoms with Gasteiger partial charge < -0.3 is 15.2 Å². The maximum atomic E-state index is 11.1. The first kappa shape index (κ1) is 15.2. The monoisotopic (exact) mass is 308 g/mol. The third-order valence-electron chi connectivity index (χ3n) is 2.81. The van der Waals surface area contributed by atoms with Crippen LogP contribution in [0.3, 0.4) is 0 Å². The molecule has 2 rings (SSSR count). The van der Waals surface area contributed by atoms with E-state index in [1.54, 1.807) is 33.3 Å². The summed E-state index contributed by atoms with van der Waals surface area (Å²) in [5.41, 5.74) is 5.97. The fourth-order valence-corrected chi connectivity index (χ4v) is 2.30. The van der Waals surface area contributed by atoms with E-state index in [-0.39, 0.29) is 0 Å². The number of H-pyrrole nitrogens is 1. The van der Waals surface area contributed by atoms with Gasteiger partial charge in [0.15, 0.2) is 5.82 Å². The molecule has 1 amide bonds. The van der Waals surface area contributed by atoms with Gasteiger partial charge in [0.1, 0.15) is 11.5 Å². The van der Waals surface area contributed by atoms with Crippen molar-refractivity contribution < 1.29 is 14.3 Å². The van der Waals surface area contributed by atoms with E-state index in [1.165, 1.54) is 11.8 Å². The summed E-state index contributed by atoms with van der Waals surface area (Å²) in [7, 11) is 3.16. The van der Waals surface area contributed by atoms with Gasteiger partial charge in [-0.05, 0) is 19.1 Å². The number of rotatable bonds is 6. The van der Waals surface area contributed by atoms with E-state index in [9.17, 15) is 4.79 Å². The molecule has 1 atom stereocenters. The number of aromatic nitrogens is 3. The Morgan fingerprint density at radius 1 is 1.38 bits per heavy atom. The predicted molar refractivity (Wildman–Crippen MR) is 79.4 cm³/mol. The molecule has 0 saturated carbocycles.